The molecule has 2 N–H and O–H groups in total. The average molecular weight is 512 g/mol. The molecule has 0 saturated heterocycles. The number of benzene rings is 1. The lowest BCUT2D eigenvalue weighted by Crippen LogP contribution is -2.35. The number of hydrogen-bond acceptors (Lipinski definition) is 6. The fraction of sp³-hybridized carbons (Fsp3) is 0.435. The third-order valence-electron chi connectivity index (χ3n) is 6.89. The van der Waals surface area contributed by atoms with Crippen molar-refractivity contribution in [3.8, 4) is 5.69 Å². The third kappa shape index (κ3) is 3.76. The van der Waals surface area contributed by atoms with E-state index >= 15 is 0 Å². The van der Waals surface area contributed by atoms with Gasteiger partial charge in [0.2, 0.25) is 17.8 Å². The fourth-order valence-corrected chi connectivity index (χ4v) is 5.36. The molecule has 2 aromatic heterocycles. The number of rotatable bonds is 4. The van der Waals surface area contributed by atoms with Gasteiger partial charge in [-0.2, -0.15) is 10.1 Å². The van der Waals surface area contributed by atoms with E-state index in [1.54, 1.807) is 29.9 Å². The van der Waals surface area contributed by atoms with Crippen LogP contribution in [0.5, 0.6) is 0 Å². The molecule has 2 aliphatic rings. The Morgan fingerprint density at radius 1 is 1.30 bits per heavy atom. The number of anilines is 2. The largest absolute Gasteiger partial charge is 0.359 e. The van der Waals surface area contributed by atoms with Crippen molar-refractivity contribution in [3.63, 3.8) is 0 Å². The van der Waals surface area contributed by atoms with Crippen LogP contribution in [-0.2, 0) is 16.0 Å². The van der Waals surface area contributed by atoms with Crippen molar-refractivity contribution in [1.29, 1.82) is 0 Å². The Balaban J connectivity index is 1.47. The van der Waals surface area contributed by atoms with Gasteiger partial charge in [-0.05, 0) is 59.3 Å². The molecule has 0 bridgehead atoms. The highest BCUT2D eigenvalue weighted by Gasteiger charge is 2.41. The second-order valence-corrected chi connectivity index (χ2v) is 9.87. The van der Waals surface area contributed by atoms with E-state index in [4.69, 9.17) is 4.98 Å². The number of carbonyl (C=O) groups excluding carboxylic acids is 2. The highest BCUT2D eigenvalue weighted by molar-refractivity contribution is 9.10. The maximum atomic E-state index is 12.2. The Labute approximate surface area is 200 Å². The monoisotopic (exact) mass is 511 g/mol. The third-order valence-corrected chi connectivity index (χ3v) is 7.47. The lowest BCUT2D eigenvalue weighted by Gasteiger charge is -2.26. The number of amides is 2. The number of halogens is 1. The summed E-state index contributed by atoms with van der Waals surface area (Å²) in [5.41, 5.74) is 3.15. The van der Waals surface area contributed by atoms with Crippen molar-refractivity contribution in [2.45, 2.75) is 45.1 Å². The quantitative estimate of drug-likeness (QED) is 0.557. The van der Waals surface area contributed by atoms with Crippen LogP contribution in [0.4, 0.5) is 11.6 Å². The Hall–Kier alpha value is -3.01. The van der Waals surface area contributed by atoms with Gasteiger partial charge in [0.05, 0.1) is 11.1 Å². The normalized spacial score (nSPS) is 22.5. The molecular formula is C23H26BrN7O2. The number of hydrogen-bond donors (Lipinski definition) is 2. The first-order valence-electron chi connectivity index (χ1n) is 11.1. The molecule has 0 spiro atoms. The second kappa shape index (κ2) is 8.09. The van der Waals surface area contributed by atoms with Gasteiger partial charge in [0.1, 0.15) is 4.60 Å². The van der Waals surface area contributed by atoms with E-state index < -0.39 is 0 Å². The van der Waals surface area contributed by atoms with Crippen LogP contribution in [0, 0.1) is 5.41 Å². The molecule has 3 aromatic rings. The van der Waals surface area contributed by atoms with Crippen LogP contribution in [-0.4, -0.2) is 51.7 Å². The van der Waals surface area contributed by atoms with Crippen molar-refractivity contribution in [1.82, 2.24) is 25.1 Å². The Morgan fingerprint density at radius 3 is 2.91 bits per heavy atom. The van der Waals surface area contributed by atoms with Gasteiger partial charge >= 0.3 is 0 Å². The Morgan fingerprint density at radius 2 is 2.12 bits per heavy atom. The lowest BCUT2D eigenvalue weighted by molar-refractivity contribution is -0.129. The molecule has 1 saturated carbocycles. The second-order valence-electron chi connectivity index (χ2n) is 9.12. The molecule has 33 heavy (non-hydrogen) atoms. The van der Waals surface area contributed by atoms with E-state index in [2.05, 4.69) is 36.6 Å². The van der Waals surface area contributed by atoms with Gasteiger partial charge in [-0.15, -0.1) is 0 Å². The van der Waals surface area contributed by atoms with Gasteiger partial charge in [0.15, 0.2) is 5.65 Å². The van der Waals surface area contributed by atoms with E-state index in [9.17, 15) is 9.59 Å². The van der Waals surface area contributed by atoms with E-state index in [1.165, 1.54) is 0 Å². The van der Waals surface area contributed by atoms with Gasteiger partial charge in [-0.3, -0.25) is 9.59 Å². The topological polar surface area (TPSA) is 105 Å². The molecule has 1 aliphatic carbocycles. The number of nitrogens with zero attached hydrogens (tertiary/aromatic N) is 5. The number of aromatic nitrogens is 4. The highest BCUT2D eigenvalue weighted by Crippen LogP contribution is 2.39. The summed E-state index contributed by atoms with van der Waals surface area (Å²) in [6.45, 7) is 2.00. The molecule has 3 heterocycles. The summed E-state index contributed by atoms with van der Waals surface area (Å²) in [6, 6.07) is 6.15. The summed E-state index contributed by atoms with van der Waals surface area (Å²) in [5, 5.41) is 11.6. The molecule has 0 radical (unpaired) electrons. The zero-order chi connectivity index (χ0) is 23.3. The predicted octanol–water partition coefficient (Wildman–Crippen LogP) is 3.20. The fourth-order valence-electron chi connectivity index (χ4n) is 4.92. The number of carbonyl (C=O) groups is 2. The zero-order valence-corrected chi connectivity index (χ0v) is 20.4. The number of nitrogens with one attached hydrogen (secondary N) is 2. The first kappa shape index (κ1) is 21.8. The van der Waals surface area contributed by atoms with Gasteiger partial charge in [0, 0.05) is 43.9 Å². The molecule has 0 unspecified atom stereocenters. The summed E-state index contributed by atoms with van der Waals surface area (Å²) >= 11 is 3.52. The smallest absolute Gasteiger partial charge is 0.227 e. The first-order chi connectivity index (χ1) is 15.8. The summed E-state index contributed by atoms with van der Waals surface area (Å²) < 4.78 is 2.42. The summed E-state index contributed by atoms with van der Waals surface area (Å²) in [4.78, 5) is 35.4. The molecule has 10 heteroatoms. The molecule has 1 fully saturated rings. The molecule has 1 aliphatic heterocycles. The Kier molecular flexibility index (Phi) is 5.35. The summed E-state index contributed by atoms with van der Waals surface area (Å²) in [5.74, 6) is 0.689. The number of fused-ring (bicyclic) bond motifs is 2. The molecule has 9 nitrogen and oxygen atoms in total. The minimum Gasteiger partial charge on any atom is -0.359 e. The average Bonchev–Trinajstić information content (AvgIpc) is 3.36. The van der Waals surface area contributed by atoms with Crippen LogP contribution < -0.4 is 15.5 Å². The molecule has 2 atom stereocenters. The first-order valence-corrected chi connectivity index (χ1v) is 11.9. The van der Waals surface area contributed by atoms with Gasteiger partial charge in [-0.1, -0.05) is 13.0 Å². The maximum absolute atomic E-state index is 12.2. The number of aryl methyl sites for hydroxylation is 1. The van der Waals surface area contributed by atoms with Crippen LogP contribution in [0.3, 0.4) is 0 Å². The van der Waals surface area contributed by atoms with Crippen LogP contribution in [0.2, 0.25) is 0 Å². The highest BCUT2D eigenvalue weighted by atomic mass is 79.9. The van der Waals surface area contributed by atoms with Crippen molar-refractivity contribution in [2.24, 2.45) is 5.41 Å². The zero-order valence-electron chi connectivity index (χ0n) is 18.9. The molecule has 5 rings (SSSR count). The van der Waals surface area contributed by atoms with Crippen molar-refractivity contribution >= 4 is 50.4 Å². The van der Waals surface area contributed by atoms with E-state index in [0.29, 0.717) is 22.6 Å². The minimum atomic E-state index is -0.381. The van der Waals surface area contributed by atoms with E-state index in [-0.39, 0.29) is 23.3 Å². The van der Waals surface area contributed by atoms with Crippen LogP contribution in [0.1, 0.15) is 38.2 Å². The molecule has 2 amide bonds. The van der Waals surface area contributed by atoms with E-state index in [0.717, 1.165) is 48.0 Å². The van der Waals surface area contributed by atoms with Crippen molar-refractivity contribution < 1.29 is 9.59 Å². The van der Waals surface area contributed by atoms with Crippen molar-refractivity contribution in [3.05, 3.63) is 34.6 Å². The predicted molar refractivity (Wildman–Crippen MR) is 130 cm³/mol. The van der Waals surface area contributed by atoms with Gasteiger partial charge < -0.3 is 15.5 Å². The standard InChI is InChI=1S/C23H26BrN7O2/c1-23(21(33)25-2)9-8-14(11-23)27-22-26-12-16-19(24)29-31(20(16)28-22)15-6-4-13-5-7-18(32)30(3)17(13)10-15/h4,6,10,12,14H,5,7-9,11H2,1-3H3,(H,25,33)(H,26,27,28)/t14-,23-/m1/s1. The maximum Gasteiger partial charge on any atom is 0.227 e. The lowest BCUT2D eigenvalue weighted by atomic mass is 9.87. The molecule has 172 valence electrons. The van der Waals surface area contributed by atoms with Crippen LogP contribution in [0.15, 0.2) is 29.0 Å². The van der Waals surface area contributed by atoms with Crippen LogP contribution >= 0.6 is 15.9 Å². The molecular weight excluding hydrogens is 486 g/mol. The van der Waals surface area contributed by atoms with Gasteiger partial charge in [-0.25, -0.2) is 9.67 Å². The molecule has 1 aromatic carbocycles. The SMILES string of the molecule is CNC(=O)[C@]1(C)CC[C@@H](Nc2ncc3c(Br)nn(-c4ccc5c(c4)N(C)C(=O)CC5)c3n2)C1. The van der Waals surface area contributed by atoms with E-state index in [1.807, 2.05) is 25.1 Å². The van der Waals surface area contributed by atoms with Crippen LogP contribution in [0.25, 0.3) is 16.7 Å². The minimum absolute atomic E-state index is 0.0704. The van der Waals surface area contributed by atoms with Gasteiger partial charge in [0.25, 0.3) is 0 Å². The summed E-state index contributed by atoms with van der Waals surface area (Å²) in [6.07, 6.45) is 5.44. The Bertz CT molecular complexity index is 1270. The van der Waals surface area contributed by atoms with Crippen molar-refractivity contribution in [2.75, 3.05) is 24.3 Å². The summed E-state index contributed by atoms with van der Waals surface area (Å²) in [7, 11) is 3.48.